The van der Waals surface area contributed by atoms with Gasteiger partial charge in [-0.2, -0.15) is 5.10 Å². The van der Waals surface area contributed by atoms with E-state index in [1.807, 2.05) is 127 Å². The Morgan fingerprint density at radius 3 is 1.85 bits per heavy atom. The average Bonchev–Trinajstić information content (AvgIpc) is 1.63. The highest BCUT2D eigenvalue weighted by atomic mass is 19.1. The fourth-order valence-corrected chi connectivity index (χ4v) is 14.2. The van der Waals surface area contributed by atoms with Crippen LogP contribution in [0.1, 0.15) is 98.4 Å². The molecule has 0 unspecified atom stereocenters. The number of anilines is 3. The van der Waals surface area contributed by atoms with Crippen LogP contribution in [-0.4, -0.2) is 117 Å². The molecule has 0 spiro atoms. The van der Waals surface area contributed by atoms with Crippen LogP contribution in [0.2, 0.25) is 0 Å². The Morgan fingerprint density at radius 1 is 0.591 bits per heavy atom. The van der Waals surface area contributed by atoms with Gasteiger partial charge in [0.2, 0.25) is 18.7 Å². The molecule has 26 nitrogen and oxygen atoms in total. The van der Waals surface area contributed by atoms with Gasteiger partial charge >= 0.3 is 0 Å². The number of aryl methyl sites for hydroxylation is 1. The molecule has 0 radical (unpaired) electrons. The van der Waals surface area contributed by atoms with Crippen LogP contribution in [0.5, 0.6) is 17.2 Å². The predicted molar refractivity (Wildman–Crippen MR) is 415 cm³/mol. The van der Waals surface area contributed by atoms with Crippen LogP contribution in [-0.2, 0) is 17.9 Å². The van der Waals surface area contributed by atoms with Gasteiger partial charge in [-0.15, -0.1) is 0 Å². The lowest BCUT2D eigenvalue weighted by Crippen LogP contribution is -2.34. The van der Waals surface area contributed by atoms with Gasteiger partial charge in [0.15, 0.2) is 17.1 Å². The number of hydrogen-bond acceptors (Lipinski definition) is 22. The fraction of sp³-hybridized carbons (Fsp3) is 0.244. The maximum absolute atomic E-state index is 13.5. The maximum Gasteiger partial charge on any atom is 0.231 e. The summed E-state index contributed by atoms with van der Waals surface area (Å²) in [6.45, 7) is 10.5. The second-order valence-corrected chi connectivity index (χ2v) is 27.1. The summed E-state index contributed by atoms with van der Waals surface area (Å²) in [5.41, 5.74) is 39.4. The predicted octanol–water partition coefficient (Wildman–Crippen LogP) is 14.9. The van der Waals surface area contributed by atoms with E-state index in [4.69, 9.17) is 56.5 Å². The largest absolute Gasteiger partial charge is 0.487 e. The summed E-state index contributed by atoms with van der Waals surface area (Å²) in [6, 6.07) is 46.6. The zero-order valence-electron chi connectivity index (χ0n) is 60.5. The van der Waals surface area contributed by atoms with E-state index in [-0.39, 0.29) is 42.4 Å². The number of nitrogens with two attached hydrogens (primary N) is 4. The van der Waals surface area contributed by atoms with Crippen molar-refractivity contribution in [1.82, 2.24) is 83.8 Å². The van der Waals surface area contributed by atoms with Gasteiger partial charge in [-0.3, -0.25) is 9.88 Å². The molecule has 3 fully saturated rings. The number of benzene rings is 5. The first-order valence-corrected chi connectivity index (χ1v) is 36.5. The third-order valence-electron chi connectivity index (χ3n) is 19.7. The summed E-state index contributed by atoms with van der Waals surface area (Å²) >= 11 is 0. The molecular formula is C82H81F2N21O5. The molecule has 1 aliphatic carbocycles. The number of aromatic amines is 1. The van der Waals surface area contributed by atoms with Gasteiger partial charge in [-0.1, -0.05) is 73.5 Å². The minimum Gasteiger partial charge on any atom is -0.487 e. The van der Waals surface area contributed by atoms with Crippen molar-refractivity contribution in [1.29, 1.82) is 0 Å². The van der Waals surface area contributed by atoms with Gasteiger partial charge in [-0.25, -0.2) is 58.3 Å². The first kappa shape index (κ1) is 72.5. The molecular weight excluding hydrogens is 1400 g/mol. The van der Waals surface area contributed by atoms with Gasteiger partial charge in [-0.05, 0) is 160 Å². The summed E-state index contributed by atoms with van der Waals surface area (Å²) in [5, 5.41) is 9.55. The zero-order valence-corrected chi connectivity index (χ0v) is 60.5. The molecule has 5 aromatic carbocycles. The minimum atomic E-state index is -0.282. The Bertz CT molecular complexity index is 5440. The number of imidazole rings is 3. The Morgan fingerprint density at radius 2 is 1.24 bits per heavy atom. The first-order valence-electron chi connectivity index (χ1n) is 36.5. The lowest BCUT2D eigenvalue weighted by Gasteiger charge is -2.32. The maximum atomic E-state index is 13.5. The molecule has 18 rings (SSSR count). The normalized spacial score (nSPS) is 14.6. The summed E-state index contributed by atoms with van der Waals surface area (Å²) < 4.78 is 60.4. The van der Waals surface area contributed by atoms with Crippen LogP contribution in [0.15, 0.2) is 207 Å². The second kappa shape index (κ2) is 33.4. The number of ether oxygens (including phenoxy) is 4. The Balaban J connectivity index is 0.000000117. The number of halogens is 2. The molecule has 12 heterocycles. The van der Waals surface area contributed by atoms with Crippen molar-refractivity contribution in [2.75, 3.05) is 50.3 Å². The smallest absolute Gasteiger partial charge is 0.231 e. The molecule has 0 atom stereocenters. The van der Waals surface area contributed by atoms with Crippen molar-refractivity contribution >= 4 is 34.4 Å². The number of hydrogen-bond donors (Lipinski definition) is 5. The van der Waals surface area contributed by atoms with Crippen molar-refractivity contribution < 1.29 is 32.3 Å². The van der Waals surface area contributed by atoms with Gasteiger partial charge in [0, 0.05) is 97.5 Å². The molecule has 110 heavy (non-hydrogen) atoms. The van der Waals surface area contributed by atoms with Gasteiger partial charge < -0.3 is 60.5 Å². The van der Waals surface area contributed by atoms with E-state index in [1.165, 1.54) is 49.9 Å². The van der Waals surface area contributed by atoms with E-state index in [2.05, 4.69) is 75.6 Å². The van der Waals surface area contributed by atoms with Crippen LogP contribution in [0.25, 0.3) is 96.1 Å². The topological polar surface area (TPSA) is 343 Å². The van der Waals surface area contributed by atoms with E-state index in [1.54, 1.807) is 49.1 Å². The SMILES string of the molecule is C=C(N)c1ccc(-c2nc(-c3ccc4c(c3)OCO4)c(-c3ccccn3)[nH]2)cc1.Cc1cccc(OCc2nn(C3CCOCC3)c3ncnc(N)c23)c1.Nc1nccc(-c2c(-c3ccc(F)cc3)ncn2C2CCCCC2)n1.Nc1nccc(-c2c(-c3ccc(F)cc3)ncn2C2CCN(Cc3ccon3)CC2)n1. The van der Waals surface area contributed by atoms with Gasteiger partial charge in [0.25, 0.3) is 0 Å². The second-order valence-electron chi connectivity index (χ2n) is 27.1. The highest BCUT2D eigenvalue weighted by molar-refractivity contribution is 5.88. The molecule has 0 bridgehead atoms. The fourth-order valence-electron chi connectivity index (χ4n) is 14.2. The molecule has 2 saturated heterocycles. The number of rotatable bonds is 16. The van der Waals surface area contributed by atoms with E-state index >= 15 is 0 Å². The Labute approximate surface area is 632 Å². The van der Waals surface area contributed by atoms with Crippen molar-refractivity contribution in [3.05, 3.63) is 236 Å². The lowest BCUT2D eigenvalue weighted by molar-refractivity contribution is 0.0671. The zero-order chi connectivity index (χ0) is 75.5. The molecule has 4 aliphatic rings. The molecule has 0 amide bonds. The molecule has 28 heteroatoms. The number of nitrogens with one attached hydrogen (secondary N) is 1. The third-order valence-corrected chi connectivity index (χ3v) is 19.7. The summed E-state index contributed by atoms with van der Waals surface area (Å²) in [7, 11) is 0. The summed E-state index contributed by atoms with van der Waals surface area (Å²) in [4.78, 5) is 49.9. The number of nitrogens with zero attached hydrogens (tertiary/aromatic N) is 16. The standard InChI is InChI=1S/C23H18N4O2.C22H22FN7O.C19H20FN5.C18H21N5O2/c1-14(24)15-5-7-16(8-6-15)23-26-21(22(27-23)18-4-2-3-11-25-18)17-9-10-19-20(12-17)29-13-28-19;23-16-3-1-15(2-4-16)20-21(19-5-9-25-22(24)27-19)30(14-26-20)18-6-10-29(11-7-18)13-17-8-12-31-28-17;20-14-8-6-13(7-9-14)17-18(16-10-11-22-19(21)24-16)25(12-23-17)15-4-2-1-3-5-15;1-12-3-2-4-14(9-12)25-10-15-16-17(19)20-11-21-18(16)23(22-15)13-5-7-24-8-6-13/h2-12H,1,13,24H2,(H,26,27);1-5,8-9,12,14,18H,6-7,10-11,13H2,(H2,24,25,27);6-12,15H,1-5H2,(H2,21,22,24);2-4,9,11,13H,5-8,10H2,1H3,(H2,19,20,21). The van der Waals surface area contributed by atoms with Crippen LogP contribution >= 0.6 is 0 Å². The monoisotopic (exact) mass is 1480 g/mol. The number of fused-ring (bicyclic) bond motifs is 2. The molecule has 9 aromatic heterocycles. The number of H-pyrrole nitrogens is 1. The van der Waals surface area contributed by atoms with Crippen LogP contribution in [0.4, 0.5) is 26.5 Å². The number of nitrogen functional groups attached to an aromatic ring is 3. The number of likely N-dealkylation sites (tertiary alicyclic amines) is 1. The van der Waals surface area contributed by atoms with Crippen molar-refractivity contribution in [2.45, 2.75) is 96.0 Å². The number of pyridine rings is 1. The average molecular weight is 1480 g/mol. The molecule has 3 aliphatic heterocycles. The van der Waals surface area contributed by atoms with E-state index < -0.39 is 0 Å². The van der Waals surface area contributed by atoms with Gasteiger partial charge in [0.05, 0.1) is 81.0 Å². The Kier molecular flexibility index (Phi) is 22.0. The third kappa shape index (κ3) is 16.7. The number of aromatic nitrogens is 16. The van der Waals surface area contributed by atoms with Gasteiger partial charge in [0.1, 0.15) is 53.9 Å². The lowest BCUT2D eigenvalue weighted by atomic mass is 9.95. The van der Waals surface area contributed by atoms with Crippen LogP contribution < -0.4 is 37.1 Å². The quantitative estimate of drug-likeness (QED) is 0.0600. The van der Waals surface area contributed by atoms with Crippen LogP contribution in [0, 0.1) is 18.6 Å². The summed E-state index contributed by atoms with van der Waals surface area (Å²) in [5.74, 6) is 3.34. The van der Waals surface area contributed by atoms with E-state index in [0.29, 0.717) is 35.6 Å². The number of piperidine rings is 1. The van der Waals surface area contributed by atoms with Crippen molar-refractivity contribution in [3.63, 3.8) is 0 Å². The molecule has 9 N–H and O–H groups in total. The van der Waals surface area contributed by atoms with E-state index in [0.717, 1.165) is 190 Å². The summed E-state index contributed by atoms with van der Waals surface area (Å²) in [6.07, 6.45) is 21.6. The first-order chi connectivity index (χ1) is 53.8. The highest BCUT2D eigenvalue weighted by Gasteiger charge is 2.29. The van der Waals surface area contributed by atoms with E-state index in [9.17, 15) is 8.78 Å². The van der Waals surface area contributed by atoms with Crippen LogP contribution in [0.3, 0.4) is 0 Å². The van der Waals surface area contributed by atoms with Crippen molar-refractivity contribution in [2.24, 2.45) is 5.73 Å². The Hall–Kier alpha value is -13.1. The molecule has 14 aromatic rings. The minimum absolute atomic E-state index is 0.206. The molecule has 558 valence electrons. The molecule has 1 saturated carbocycles. The highest BCUT2D eigenvalue weighted by Crippen LogP contribution is 2.42. The van der Waals surface area contributed by atoms with Crippen molar-refractivity contribution in [3.8, 4) is 96.6 Å².